The Morgan fingerprint density at radius 1 is 1.21 bits per heavy atom. The van der Waals surface area contributed by atoms with E-state index in [0.717, 1.165) is 44.4 Å². The molecular formula is C26H37ClO2. The Kier molecular flexibility index (Phi) is 6.06. The molecule has 6 atom stereocenters. The van der Waals surface area contributed by atoms with Crippen LogP contribution in [0.25, 0.3) is 0 Å². The minimum atomic E-state index is -0.190. The van der Waals surface area contributed by atoms with Gasteiger partial charge in [0.15, 0.2) is 0 Å². The van der Waals surface area contributed by atoms with Crippen LogP contribution in [0, 0.1) is 22.7 Å². The second-order valence-corrected chi connectivity index (χ2v) is 10.6. The molecule has 3 heteroatoms. The second kappa shape index (κ2) is 8.27. The highest BCUT2D eigenvalue weighted by atomic mass is 35.5. The molecular weight excluding hydrogens is 380 g/mol. The molecule has 1 aromatic carbocycles. The number of benzene rings is 1. The molecule has 4 rings (SSSR count). The number of unbranched alkanes of at least 4 members (excludes halogenated alkanes) is 3. The molecule has 0 bridgehead atoms. The van der Waals surface area contributed by atoms with Crippen LogP contribution < -0.4 is 0 Å². The van der Waals surface area contributed by atoms with E-state index in [1.165, 1.54) is 36.8 Å². The zero-order valence-electron chi connectivity index (χ0n) is 17.9. The van der Waals surface area contributed by atoms with E-state index in [1.807, 2.05) is 12.1 Å². The highest BCUT2D eigenvalue weighted by molar-refractivity contribution is 6.17. The van der Waals surface area contributed by atoms with Crippen molar-refractivity contribution in [1.82, 2.24) is 0 Å². The molecule has 3 aliphatic rings. The Hall–Kier alpha value is -0.990. The average Bonchev–Trinajstić information content (AvgIpc) is 3.02. The minimum absolute atomic E-state index is 0.0000816. The summed E-state index contributed by atoms with van der Waals surface area (Å²) in [6, 6.07) is 6.03. The molecule has 0 spiro atoms. The third kappa shape index (κ3) is 3.45. The molecule has 29 heavy (non-hydrogen) atoms. The number of fused-ring (bicyclic) bond motifs is 5. The number of allylic oxidation sites excluding steroid dienone is 1. The normalized spacial score (nSPS) is 38.2. The molecule has 1 aromatic rings. The van der Waals surface area contributed by atoms with Crippen molar-refractivity contribution < 1.29 is 10.2 Å². The third-order valence-electron chi connectivity index (χ3n) is 8.81. The number of aliphatic hydroxyl groups excluding tert-OH is 1. The molecule has 0 heterocycles. The lowest BCUT2D eigenvalue weighted by Crippen LogP contribution is -2.54. The van der Waals surface area contributed by atoms with Crippen molar-refractivity contribution >= 4 is 11.6 Å². The van der Waals surface area contributed by atoms with E-state index >= 15 is 0 Å². The van der Waals surface area contributed by atoms with Crippen molar-refractivity contribution in [3.8, 4) is 5.75 Å². The zero-order chi connectivity index (χ0) is 20.6. The van der Waals surface area contributed by atoms with Crippen molar-refractivity contribution in [2.45, 2.75) is 83.2 Å². The largest absolute Gasteiger partial charge is 0.508 e. The van der Waals surface area contributed by atoms with E-state index in [-0.39, 0.29) is 16.9 Å². The molecule has 0 amide bonds. The SMILES string of the molecule is C=CC12CCc3cc(O)ccc3[C@H]1[C@@H](CCCCCCCl)C[C@]1(C)[C@@H](O)CC[C@@H]21. The van der Waals surface area contributed by atoms with Gasteiger partial charge in [0.2, 0.25) is 0 Å². The van der Waals surface area contributed by atoms with E-state index in [9.17, 15) is 10.2 Å². The summed E-state index contributed by atoms with van der Waals surface area (Å²) in [6.45, 7) is 6.73. The summed E-state index contributed by atoms with van der Waals surface area (Å²) in [5, 5.41) is 21.1. The van der Waals surface area contributed by atoms with Gasteiger partial charge in [-0.05, 0) is 96.8 Å². The predicted molar refractivity (Wildman–Crippen MR) is 121 cm³/mol. The molecule has 2 N–H and O–H groups in total. The second-order valence-electron chi connectivity index (χ2n) is 10.2. The maximum atomic E-state index is 11.0. The molecule has 0 aliphatic heterocycles. The quantitative estimate of drug-likeness (QED) is 0.299. The first-order chi connectivity index (χ1) is 14.0. The van der Waals surface area contributed by atoms with E-state index in [2.05, 4.69) is 25.6 Å². The van der Waals surface area contributed by atoms with Gasteiger partial charge in [-0.1, -0.05) is 38.3 Å². The van der Waals surface area contributed by atoms with E-state index < -0.39 is 0 Å². The number of halogens is 1. The van der Waals surface area contributed by atoms with Crippen LogP contribution in [0.1, 0.15) is 81.8 Å². The van der Waals surface area contributed by atoms with Crippen molar-refractivity contribution in [2.75, 3.05) is 5.88 Å². The van der Waals surface area contributed by atoms with Crippen molar-refractivity contribution in [3.05, 3.63) is 42.0 Å². The number of aliphatic hydroxyl groups is 1. The smallest absolute Gasteiger partial charge is 0.115 e. The maximum absolute atomic E-state index is 11.0. The number of rotatable bonds is 7. The summed E-state index contributed by atoms with van der Waals surface area (Å²) in [4.78, 5) is 0. The van der Waals surface area contributed by atoms with Crippen LogP contribution in [0.3, 0.4) is 0 Å². The lowest BCUT2D eigenvalue weighted by molar-refractivity contribution is -0.0812. The lowest BCUT2D eigenvalue weighted by Gasteiger charge is -2.60. The molecule has 160 valence electrons. The molecule has 0 radical (unpaired) electrons. The topological polar surface area (TPSA) is 40.5 Å². The fourth-order valence-corrected chi connectivity index (χ4v) is 7.74. The van der Waals surface area contributed by atoms with Crippen LogP contribution in [0.15, 0.2) is 30.9 Å². The monoisotopic (exact) mass is 416 g/mol. The molecule has 0 saturated heterocycles. The Morgan fingerprint density at radius 2 is 2.00 bits per heavy atom. The van der Waals surface area contributed by atoms with E-state index in [1.54, 1.807) is 0 Å². The first-order valence-electron chi connectivity index (χ1n) is 11.7. The van der Waals surface area contributed by atoms with Gasteiger partial charge >= 0.3 is 0 Å². The van der Waals surface area contributed by atoms with Crippen LogP contribution in [0.2, 0.25) is 0 Å². The summed E-state index contributed by atoms with van der Waals surface area (Å²) in [6.07, 6.45) is 13.3. The van der Waals surface area contributed by atoms with E-state index in [4.69, 9.17) is 11.6 Å². The summed E-state index contributed by atoms with van der Waals surface area (Å²) in [5.74, 6) is 2.66. The lowest BCUT2D eigenvalue weighted by atomic mass is 9.44. The summed E-state index contributed by atoms with van der Waals surface area (Å²) in [7, 11) is 0. The van der Waals surface area contributed by atoms with E-state index in [0.29, 0.717) is 23.5 Å². The number of hydrogen-bond acceptors (Lipinski definition) is 2. The van der Waals surface area contributed by atoms with Crippen LogP contribution in [0.4, 0.5) is 0 Å². The van der Waals surface area contributed by atoms with Crippen LogP contribution in [-0.4, -0.2) is 22.2 Å². The molecule has 2 fully saturated rings. The fourth-order valence-electron chi connectivity index (χ4n) is 7.55. The van der Waals surface area contributed by atoms with Gasteiger partial charge in [0.05, 0.1) is 6.10 Å². The van der Waals surface area contributed by atoms with Crippen LogP contribution in [0.5, 0.6) is 5.75 Å². The molecule has 1 unspecified atom stereocenters. The summed E-state index contributed by atoms with van der Waals surface area (Å²) in [5.41, 5.74) is 2.82. The Balaban J connectivity index is 1.71. The number of phenolic OH excluding ortho intramolecular Hbond substituents is 1. The first kappa shape index (κ1) is 21.2. The van der Waals surface area contributed by atoms with Gasteiger partial charge < -0.3 is 10.2 Å². The Bertz CT molecular complexity index is 746. The Labute approximate surface area is 181 Å². The first-order valence-corrected chi connectivity index (χ1v) is 12.2. The molecule has 0 aromatic heterocycles. The predicted octanol–water partition coefficient (Wildman–Crippen LogP) is 6.58. The average molecular weight is 417 g/mol. The third-order valence-corrected chi connectivity index (χ3v) is 9.08. The van der Waals surface area contributed by atoms with Gasteiger partial charge in [0.1, 0.15) is 5.75 Å². The van der Waals surface area contributed by atoms with Crippen LogP contribution in [-0.2, 0) is 6.42 Å². The number of phenols is 1. The van der Waals surface area contributed by atoms with Crippen molar-refractivity contribution in [2.24, 2.45) is 22.7 Å². The number of alkyl halides is 1. The van der Waals surface area contributed by atoms with Gasteiger partial charge in [-0.2, -0.15) is 0 Å². The molecule has 2 nitrogen and oxygen atoms in total. The zero-order valence-corrected chi connectivity index (χ0v) is 18.6. The molecule has 2 saturated carbocycles. The number of hydrogen-bond donors (Lipinski definition) is 2. The van der Waals surface area contributed by atoms with Gasteiger partial charge in [-0.25, -0.2) is 0 Å². The maximum Gasteiger partial charge on any atom is 0.115 e. The number of aryl methyl sites for hydroxylation is 1. The van der Waals surface area contributed by atoms with Gasteiger partial charge in [-0.3, -0.25) is 0 Å². The Morgan fingerprint density at radius 3 is 2.76 bits per heavy atom. The number of aromatic hydroxyl groups is 1. The molecule has 3 aliphatic carbocycles. The minimum Gasteiger partial charge on any atom is -0.508 e. The van der Waals surface area contributed by atoms with Gasteiger partial charge in [0.25, 0.3) is 0 Å². The van der Waals surface area contributed by atoms with Crippen molar-refractivity contribution in [1.29, 1.82) is 0 Å². The summed E-state index contributed by atoms with van der Waals surface area (Å²) >= 11 is 5.86. The van der Waals surface area contributed by atoms with Crippen molar-refractivity contribution in [3.63, 3.8) is 0 Å². The summed E-state index contributed by atoms with van der Waals surface area (Å²) < 4.78 is 0. The van der Waals surface area contributed by atoms with Gasteiger partial charge in [0, 0.05) is 5.88 Å². The fraction of sp³-hybridized carbons (Fsp3) is 0.692. The standard InChI is InChI=1S/C26H37ClO2/c1-3-26-14-13-18-16-20(28)9-10-21(18)24(26)19(8-6-4-5-7-15-27)17-25(2)22(26)11-12-23(25)29/h3,9-10,16,19,22-24,28-29H,1,4-8,11-15,17H2,2H3/t19-,22+,23-,24+,25-,26?/m0/s1. The van der Waals surface area contributed by atoms with Crippen LogP contribution >= 0.6 is 11.6 Å². The highest BCUT2D eigenvalue weighted by Gasteiger charge is 2.63. The highest BCUT2D eigenvalue weighted by Crippen LogP contribution is 2.69. The van der Waals surface area contributed by atoms with Gasteiger partial charge in [-0.15, -0.1) is 18.2 Å².